The monoisotopic (exact) mass is 381 g/mol. The normalized spacial score (nSPS) is 12.1. The van der Waals surface area contributed by atoms with Gasteiger partial charge in [0, 0.05) is 6.54 Å². The lowest BCUT2D eigenvalue weighted by Gasteiger charge is -2.18. The minimum Gasteiger partial charge on any atom is -0.355 e. The van der Waals surface area contributed by atoms with Gasteiger partial charge in [-0.3, -0.25) is 14.2 Å². The molecule has 0 radical (unpaired) electrons. The van der Waals surface area contributed by atoms with Crippen molar-refractivity contribution < 1.29 is 4.79 Å². The smallest absolute Gasteiger partial charge is 0.266 e. The number of benzene rings is 2. The van der Waals surface area contributed by atoms with Crippen molar-refractivity contribution in [2.75, 3.05) is 6.54 Å². The average Bonchev–Trinajstić information content (AvgIpc) is 2.64. The Morgan fingerprint density at radius 3 is 2.70 bits per heavy atom. The number of hydrogen-bond acceptors (Lipinski definition) is 4. The van der Waals surface area contributed by atoms with E-state index in [0.717, 1.165) is 16.8 Å². The van der Waals surface area contributed by atoms with Crippen LogP contribution in [0.3, 0.4) is 0 Å². The molecule has 1 atom stereocenters. The van der Waals surface area contributed by atoms with Crippen LogP contribution in [0.5, 0.6) is 0 Å². The van der Waals surface area contributed by atoms with Gasteiger partial charge in [-0.05, 0) is 57.0 Å². The van der Waals surface area contributed by atoms with Crippen molar-refractivity contribution in [2.45, 2.75) is 38.1 Å². The molecule has 0 bridgehead atoms. The van der Waals surface area contributed by atoms with Crippen molar-refractivity contribution in [1.29, 1.82) is 0 Å². The molecule has 0 aliphatic rings. The molecule has 27 heavy (non-hydrogen) atoms. The molecule has 140 valence electrons. The second kappa shape index (κ2) is 7.96. The summed E-state index contributed by atoms with van der Waals surface area (Å²) < 4.78 is 1.63. The first-order valence-electron chi connectivity index (χ1n) is 8.96. The number of nitrogens with one attached hydrogen (secondary N) is 1. The van der Waals surface area contributed by atoms with Crippen molar-refractivity contribution in [2.24, 2.45) is 0 Å². The lowest BCUT2D eigenvalue weighted by molar-refractivity contribution is -0.120. The Morgan fingerprint density at radius 1 is 1.22 bits per heavy atom. The van der Waals surface area contributed by atoms with E-state index in [1.807, 2.05) is 64.1 Å². The molecule has 5 nitrogen and oxygen atoms in total. The van der Waals surface area contributed by atoms with Gasteiger partial charge in [-0.2, -0.15) is 0 Å². The molecule has 1 N–H and O–H groups in total. The largest absolute Gasteiger partial charge is 0.355 e. The summed E-state index contributed by atoms with van der Waals surface area (Å²) in [7, 11) is 0. The summed E-state index contributed by atoms with van der Waals surface area (Å²) in [5.74, 6) is -0.0718. The number of hydrogen-bond donors (Lipinski definition) is 1. The Morgan fingerprint density at radius 2 is 1.96 bits per heavy atom. The Hall–Kier alpha value is -2.60. The lowest BCUT2D eigenvalue weighted by Crippen LogP contribution is -2.31. The first kappa shape index (κ1) is 19.2. The SMILES string of the molecule is CCNC(=O)[C@@H](C)Sc1nc2ccccc2c(=O)n1-c1cc(C)ccc1C. The highest BCUT2D eigenvalue weighted by Crippen LogP contribution is 2.26. The van der Waals surface area contributed by atoms with E-state index in [0.29, 0.717) is 22.6 Å². The maximum absolute atomic E-state index is 13.3. The topological polar surface area (TPSA) is 64.0 Å². The summed E-state index contributed by atoms with van der Waals surface area (Å²) in [4.78, 5) is 30.2. The molecule has 1 heterocycles. The zero-order valence-corrected chi connectivity index (χ0v) is 16.8. The summed E-state index contributed by atoms with van der Waals surface area (Å²) in [6.07, 6.45) is 0. The number of amides is 1. The van der Waals surface area contributed by atoms with Crippen LogP contribution < -0.4 is 10.9 Å². The second-order valence-corrected chi connectivity index (χ2v) is 7.80. The fraction of sp³-hybridized carbons (Fsp3) is 0.286. The fourth-order valence-electron chi connectivity index (χ4n) is 2.89. The van der Waals surface area contributed by atoms with Crippen LogP contribution >= 0.6 is 11.8 Å². The van der Waals surface area contributed by atoms with E-state index in [1.54, 1.807) is 10.6 Å². The van der Waals surface area contributed by atoms with Gasteiger partial charge in [0.25, 0.3) is 5.56 Å². The van der Waals surface area contributed by atoms with Gasteiger partial charge in [-0.25, -0.2) is 4.98 Å². The van der Waals surface area contributed by atoms with Crippen LogP contribution in [-0.4, -0.2) is 27.3 Å². The highest BCUT2D eigenvalue weighted by atomic mass is 32.2. The van der Waals surface area contributed by atoms with E-state index >= 15 is 0 Å². The molecule has 3 rings (SSSR count). The van der Waals surface area contributed by atoms with Crippen molar-refractivity contribution in [3.63, 3.8) is 0 Å². The van der Waals surface area contributed by atoms with E-state index in [1.165, 1.54) is 11.8 Å². The van der Waals surface area contributed by atoms with Gasteiger partial charge in [0.05, 0.1) is 21.8 Å². The summed E-state index contributed by atoms with van der Waals surface area (Å²) in [6, 6.07) is 13.3. The Kier molecular flexibility index (Phi) is 5.65. The molecule has 0 spiro atoms. The molecule has 2 aromatic carbocycles. The maximum atomic E-state index is 13.3. The number of nitrogens with zero attached hydrogens (tertiary/aromatic N) is 2. The molecule has 0 saturated heterocycles. The molecule has 1 amide bonds. The van der Waals surface area contributed by atoms with Crippen LogP contribution in [0.1, 0.15) is 25.0 Å². The second-order valence-electron chi connectivity index (χ2n) is 6.50. The first-order valence-corrected chi connectivity index (χ1v) is 9.84. The molecule has 3 aromatic rings. The summed E-state index contributed by atoms with van der Waals surface area (Å²) in [6.45, 7) is 8.24. The predicted octanol–water partition coefficient (Wildman–Crippen LogP) is 3.62. The molecule has 1 aromatic heterocycles. The van der Waals surface area contributed by atoms with Gasteiger partial charge < -0.3 is 5.32 Å². The predicted molar refractivity (Wildman–Crippen MR) is 111 cm³/mol. The molecule has 0 fully saturated rings. The summed E-state index contributed by atoms with van der Waals surface area (Å²) in [5, 5.41) is 3.54. The molecule has 0 saturated carbocycles. The van der Waals surface area contributed by atoms with Gasteiger partial charge in [0.1, 0.15) is 0 Å². The van der Waals surface area contributed by atoms with Crippen molar-refractivity contribution in [3.8, 4) is 5.69 Å². The minimum atomic E-state index is -0.366. The Balaban J connectivity index is 2.23. The van der Waals surface area contributed by atoms with E-state index in [2.05, 4.69) is 5.32 Å². The highest BCUT2D eigenvalue weighted by molar-refractivity contribution is 8.00. The van der Waals surface area contributed by atoms with Crippen molar-refractivity contribution in [3.05, 3.63) is 63.9 Å². The van der Waals surface area contributed by atoms with E-state index in [4.69, 9.17) is 4.98 Å². The molecule has 0 aliphatic carbocycles. The third-order valence-electron chi connectivity index (χ3n) is 4.35. The Bertz CT molecular complexity index is 1060. The van der Waals surface area contributed by atoms with Gasteiger partial charge in [-0.15, -0.1) is 0 Å². The van der Waals surface area contributed by atoms with E-state index < -0.39 is 0 Å². The third-order valence-corrected chi connectivity index (χ3v) is 5.41. The van der Waals surface area contributed by atoms with E-state index in [-0.39, 0.29) is 16.7 Å². The summed E-state index contributed by atoms with van der Waals surface area (Å²) in [5.41, 5.74) is 3.34. The van der Waals surface area contributed by atoms with Crippen LogP contribution in [0, 0.1) is 13.8 Å². The first-order chi connectivity index (χ1) is 12.9. The van der Waals surface area contributed by atoms with Gasteiger partial charge in [0.15, 0.2) is 5.16 Å². The van der Waals surface area contributed by atoms with Crippen LogP contribution in [0.2, 0.25) is 0 Å². The quantitative estimate of drug-likeness (QED) is 0.542. The Labute approximate surface area is 162 Å². The van der Waals surface area contributed by atoms with Gasteiger partial charge >= 0.3 is 0 Å². The number of rotatable bonds is 5. The van der Waals surface area contributed by atoms with Crippen LogP contribution in [0.15, 0.2) is 52.4 Å². The fourth-order valence-corrected chi connectivity index (χ4v) is 3.84. The molecule has 0 aliphatic heterocycles. The number of fused-ring (bicyclic) bond motifs is 1. The number of para-hydroxylation sites is 1. The van der Waals surface area contributed by atoms with Crippen LogP contribution in [-0.2, 0) is 4.79 Å². The number of thioether (sulfide) groups is 1. The average molecular weight is 382 g/mol. The zero-order chi connectivity index (χ0) is 19.6. The number of carbonyl (C=O) groups is 1. The summed E-state index contributed by atoms with van der Waals surface area (Å²) >= 11 is 1.30. The van der Waals surface area contributed by atoms with Crippen LogP contribution in [0.4, 0.5) is 0 Å². The maximum Gasteiger partial charge on any atom is 0.266 e. The third kappa shape index (κ3) is 3.90. The number of carbonyl (C=O) groups excluding carboxylic acids is 1. The molecular weight excluding hydrogens is 358 g/mol. The highest BCUT2D eigenvalue weighted by Gasteiger charge is 2.20. The van der Waals surface area contributed by atoms with E-state index in [9.17, 15) is 9.59 Å². The van der Waals surface area contributed by atoms with Crippen LogP contribution in [0.25, 0.3) is 16.6 Å². The van der Waals surface area contributed by atoms with Gasteiger partial charge in [0.2, 0.25) is 5.91 Å². The number of aryl methyl sites for hydroxylation is 2. The molecular formula is C21H23N3O2S. The minimum absolute atomic E-state index is 0.0718. The van der Waals surface area contributed by atoms with Gasteiger partial charge in [-0.1, -0.05) is 36.0 Å². The van der Waals surface area contributed by atoms with Crippen molar-refractivity contribution in [1.82, 2.24) is 14.9 Å². The molecule has 0 unspecified atom stereocenters. The standard InChI is InChI=1S/C21H23N3O2S/c1-5-22-19(25)15(4)27-21-23-17-9-7-6-8-16(17)20(26)24(21)18-12-13(2)10-11-14(18)3/h6-12,15H,5H2,1-4H3,(H,22,25)/t15-/m1/s1. The lowest BCUT2D eigenvalue weighted by atomic mass is 10.1. The molecule has 6 heteroatoms. The zero-order valence-electron chi connectivity index (χ0n) is 15.9. The van der Waals surface area contributed by atoms with Crippen molar-refractivity contribution >= 4 is 28.6 Å². The number of aromatic nitrogens is 2.